The zero-order valence-corrected chi connectivity index (χ0v) is 17.4. The van der Waals surface area contributed by atoms with Gasteiger partial charge in [0.15, 0.2) is 4.73 Å². The summed E-state index contributed by atoms with van der Waals surface area (Å²) in [6.07, 6.45) is 0. The molecule has 3 aromatic rings. The van der Waals surface area contributed by atoms with Gasteiger partial charge in [0.2, 0.25) is 9.47 Å². The van der Waals surface area contributed by atoms with Crippen LogP contribution in [0, 0.1) is 0 Å². The van der Waals surface area contributed by atoms with E-state index in [-0.39, 0.29) is 0 Å². The lowest BCUT2D eigenvalue weighted by molar-refractivity contribution is 0.415. The van der Waals surface area contributed by atoms with Crippen molar-refractivity contribution in [2.45, 2.75) is 0 Å². The van der Waals surface area contributed by atoms with Gasteiger partial charge >= 0.3 is 6.01 Å². The average molecular weight is 529 g/mol. The Balaban J connectivity index is 0.000000203. The molecule has 0 N–H and O–H groups in total. The first kappa shape index (κ1) is 18.4. The number of halogens is 4. The molecule has 1 aromatic carbocycles. The smallest absolute Gasteiger partial charge is 0.321 e. The first-order valence-electron chi connectivity index (χ1n) is 6.07. The summed E-state index contributed by atoms with van der Waals surface area (Å²) in [6.45, 7) is 0. The van der Waals surface area contributed by atoms with E-state index in [4.69, 9.17) is 16.3 Å². The minimum atomic E-state index is 0.421. The van der Waals surface area contributed by atoms with Crippen LogP contribution in [0.15, 0.2) is 38.5 Å². The van der Waals surface area contributed by atoms with E-state index >= 15 is 0 Å². The molecule has 3 rings (SSSR count). The van der Waals surface area contributed by atoms with Crippen molar-refractivity contribution in [3.8, 4) is 11.8 Å². The Bertz CT molecular complexity index is 769. The first-order chi connectivity index (χ1) is 10.8. The summed E-state index contributed by atoms with van der Waals surface area (Å²) in [5.74, 6) is 0.669. The van der Waals surface area contributed by atoms with Gasteiger partial charge in [0.1, 0.15) is 5.75 Å². The lowest BCUT2D eigenvalue weighted by Gasteiger charge is -2.02. The fraction of sp³-hybridized carbons (Fsp3) is 0.167. The van der Waals surface area contributed by atoms with Crippen LogP contribution >= 0.6 is 59.4 Å². The van der Waals surface area contributed by atoms with Gasteiger partial charge in [-0.15, -0.1) is 10.2 Å². The highest BCUT2D eigenvalue weighted by molar-refractivity contribution is 9.11. The number of hydrogen-bond donors (Lipinski definition) is 0. The molecule has 0 amide bonds. The van der Waals surface area contributed by atoms with Crippen molar-refractivity contribution in [2.24, 2.45) is 14.1 Å². The number of hydrogen-bond acceptors (Lipinski definition) is 5. The molecule has 11 heteroatoms. The van der Waals surface area contributed by atoms with E-state index in [1.54, 1.807) is 40.7 Å². The van der Waals surface area contributed by atoms with Crippen molar-refractivity contribution in [1.82, 2.24) is 29.5 Å². The number of rotatable bonds is 2. The lowest BCUT2D eigenvalue weighted by atomic mass is 10.3. The number of ether oxygens (including phenoxy) is 1. The van der Waals surface area contributed by atoms with E-state index in [2.05, 4.69) is 68.0 Å². The Kier molecular flexibility index (Phi) is 6.57. The molecule has 2 aromatic heterocycles. The minimum Gasteiger partial charge on any atom is -0.424 e. The summed E-state index contributed by atoms with van der Waals surface area (Å²) in [7, 11) is 3.56. The second-order valence-corrected chi connectivity index (χ2v) is 6.68. The Labute approximate surface area is 162 Å². The topological polar surface area (TPSA) is 70.7 Å². The summed E-state index contributed by atoms with van der Waals surface area (Å²) >= 11 is 15.2. The van der Waals surface area contributed by atoms with Crippen molar-refractivity contribution < 1.29 is 4.74 Å². The van der Waals surface area contributed by atoms with Gasteiger partial charge in [-0.3, -0.25) is 0 Å². The number of aryl methyl sites for hydroxylation is 2. The molecule has 122 valence electrons. The predicted molar refractivity (Wildman–Crippen MR) is 96.6 cm³/mol. The summed E-state index contributed by atoms with van der Waals surface area (Å²) < 4.78 is 10.5. The Morgan fingerprint density at radius 3 is 1.87 bits per heavy atom. The molecule has 0 aliphatic rings. The molecule has 2 heterocycles. The molecule has 0 spiro atoms. The van der Waals surface area contributed by atoms with Crippen molar-refractivity contribution in [3.63, 3.8) is 0 Å². The molecule has 0 aliphatic carbocycles. The molecular weight excluding hydrogens is 519 g/mol. The van der Waals surface area contributed by atoms with E-state index in [0.717, 1.165) is 4.73 Å². The Morgan fingerprint density at radius 2 is 1.48 bits per heavy atom. The van der Waals surface area contributed by atoms with Crippen molar-refractivity contribution >= 4 is 59.4 Å². The van der Waals surface area contributed by atoms with E-state index < -0.39 is 0 Å². The van der Waals surface area contributed by atoms with Crippen LogP contribution in [0.1, 0.15) is 0 Å². The van der Waals surface area contributed by atoms with E-state index in [1.807, 2.05) is 7.05 Å². The highest BCUT2D eigenvalue weighted by atomic mass is 79.9. The maximum Gasteiger partial charge on any atom is 0.321 e. The normalized spacial score (nSPS) is 10.2. The van der Waals surface area contributed by atoms with Crippen molar-refractivity contribution in [1.29, 1.82) is 0 Å². The van der Waals surface area contributed by atoms with Crippen LogP contribution < -0.4 is 4.74 Å². The lowest BCUT2D eigenvalue weighted by Crippen LogP contribution is -1.95. The molecule has 23 heavy (non-hydrogen) atoms. The van der Waals surface area contributed by atoms with Gasteiger partial charge in [-0.25, -0.2) is 9.36 Å². The predicted octanol–water partition coefficient (Wildman–Crippen LogP) is 4.36. The maximum absolute atomic E-state index is 5.75. The van der Waals surface area contributed by atoms with Crippen LogP contribution in [0.4, 0.5) is 0 Å². The zero-order chi connectivity index (χ0) is 17.0. The van der Waals surface area contributed by atoms with E-state index in [1.165, 1.54) is 0 Å². The van der Waals surface area contributed by atoms with Gasteiger partial charge in [-0.05, 0) is 72.1 Å². The van der Waals surface area contributed by atoms with Gasteiger partial charge in [0.25, 0.3) is 0 Å². The molecule has 0 aliphatic heterocycles. The van der Waals surface area contributed by atoms with Gasteiger partial charge < -0.3 is 4.74 Å². The standard InChI is InChI=1S/C9H7BrClN3O.C3H3Br2N3/c1-14-9(12-8(10)13-14)15-7-4-2-6(11)3-5-7;1-8-3(5)6-2(4)7-8/h2-5H,1H3;1H3. The molecule has 0 fully saturated rings. The molecule has 7 nitrogen and oxygen atoms in total. The second kappa shape index (κ2) is 8.22. The van der Waals surface area contributed by atoms with Crippen molar-refractivity contribution in [3.05, 3.63) is 43.5 Å². The quantitative estimate of drug-likeness (QED) is 0.494. The van der Waals surface area contributed by atoms with Crippen LogP contribution in [0.3, 0.4) is 0 Å². The fourth-order valence-electron chi connectivity index (χ4n) is 1.37. The summed E-state index contributed by atoms with van der Waals surface area (Å²) in [5.41, 5.74) is 0. The van der Waals surface area contributed by atoms with Gasteiger partial charge in [-0.1, -0.05) is 11.6 Å². The molecular formula is C12H10Br3ClN6O. The van der Waals surface area contributed by atoms with Gasteiger partial charge in [0.05, 0.1) is 0 Å². The molecule has 0 unspecified atom stereocenters. The van der Waals surface area contributed by atoms with E-state index in [9.17, 15) is 0 Å². The molecule has 0 atom stereocenters. The molecule has 0 saturated carbocycles. The van der Waals surface area contributed by atoms with Crippen LogP contribution in [0.5, 0.6) is 11.8 Å². The minimum absolute atomic E-state index is 0.421. The largest absolute Gasteiger partial charge is 0.424 e. The monoisotopic (exact) mass is 526 g/mol. The third-order valence-electron chi connectivity index (χ3n) is 2.40. The third kappa shape index (κ3) is 5.55. The summed E-state index contributed by atoms with van der Waals surface area (Å²) in [5, 5.41) is 8.55. The van der Waals surface area contributed by atoms with Gasteiger partial charge in [-0.2, -0.15) is 9.97 Å². The van der Waals surface area contributed by atoms with Crippen LogP contribution in [0.25, 0.3) is 0 Å². The summed E-state index contributed by atoms with van der Waals surface area (Å²) in [4.78, 5) is 7.94. The highest BCUT2D eigenvalue weighted by Crippen LogP contribution is 2.22. The average Bonchev–Trinajstić information content (AvgIpc) is 2.94. The van der Waals surface area contributed by atoms with Crippen molar-refractivity contribution in [2.75, 3.05) is 0 Å². The molecule has 0 bridgehead atoms. The van der Waals surface area contributed by atoms with E-state index in [0.29, 0.717) is 26.2 Å². The van der Waals surface area contributed by atoms with Crippen LogP contribution in [-0.2, 0) is 14.1 Å². The number of nitrogens with zero attached hydrogens (tertiary/aromatic N) is 6. The third-order valence-corrected chi connectivity index (χ3v) is 4.02. The SMILES string of the molecule is Cn1nc(Br)nc1Br.Cn1nc(Br)nc1Oc1ccc(Cl)cc1. The maximum atomic E-state index is 5.75. The second-order valence-electron chi connectivity index (χ2n) is 4.12. The molecule has 0 radical (unpaired) electrons. The Hall–Kier alpha value is -0.970. The number of benzene rings is 1. The molecule has 0 saturated heterocycles. The fourth-order valence-corrected chi connectivity index (χ4v) is 2.78. The zero-order valence-electron chi connectivity index (χ0n) is 11.9. The summed E-state index contributed by atoms with van der Waals surface area (Å²) in [6, 6.07) is 7.46. The number of aromatic nitrogens is 6. The van der Waals surface area contributed by atoms with Crippen LogP contribution in [0.2, 0.25) is 5.02 Å². The Morgan fingerprint density at radius 1 is 0.913 bits per heavy atom. The van der Waals surface area contributed by atoms with Crippen LogP contribution in [-0.4, -0.2) is 29.5 Å². The first-order valence-corrected chi connectivity index (χ1v) is 8.83. The van der Waals surface area contributed by atoms with Gasteiger partial charge in [0, 0.05) is 19.1 Å². The highest BCUT2D eigenvalue weighted by Gasteiger charge is 2.06.